The second-order valence-corrected chi connectivity index (χ2v) is 4.09. The van der Waals surface area contributed by atoms with Gasteiger partial charge >= 0.3 is 0 Å². The van der Waals surface area contributed by atoms with Gasteiger partial charge in [-0.1, -0.05) is 0 Å². The molecule has 5 heteroatoms. The van der Waals surface area contributed by atoms with E-state index in [9.17, 15) is 4.79 Å². The van der Waals surface area contributed by atoms with E-state index >= 15 is 0 Å². The fourth-order valence-electron chi connectivity index (χ4n) is 1.90. The molecule has 1 aromatic heterocycles. The first-order valence-corrected chi connectivity index (χ1v) is 5.83. The molecule has 1 aliphatic rings. The maximum atomic E-state index is 11.7. The molecule has 0 aromatic carbocycles. The first-order chi connectivity index (χ1) is 7.79. The van der Waals surface area contributed by atoms with Crippen molar-refractivity contribution in [1.82, 2.24) is 20.4 Å². The summed E-state index contributed by atoms with van der Waals surface area (Å²) in [5.41, 5.74) is 0.639. The Hall–Kier alpha value is -1.36. The molecule has 2 heterocycles. The summed E-state index contributed by atoms with van der Waals surface area (Å²) in [5.74, 6) is -0.0339. The normalized spacial score (nSPS) is 19.9. The summed E-state index contributed by atoms with van der Waals surface area (Å²) in [7, 11) is 0. The standard InChI is InChI=1S/C11H18N4O/c1-2-15-8-9(6-14-15)11(16)13-7-10-4-3-5-12-10/h6,8,10,12H,2-5,7H2,1H3,(H,13,16). The molecule has 1 saturated heterocycles. The highest BCUT2D eigenvalue weighted by Gasteiger charge is 2.15. The van der Waals surface area contributed by atoms with E-state index in [1.54, 1.807) is 17.1 Å². The Morgan fingerprint density at radius 3 is 3.25 bits per heavy atom. The van der Waals surface area contributed by atoms with E-state index in [-0.39, 0.29) is 5.91 Å². The summed E-state index contributed by atoms with van der Waals surface area (Å²) >= 11 is 0. The maximum absolute atomic E-state index is 11.7. The number of nitrogens with one attached hydrogen (secondary N) is 2. The van der Waals surface area contributed by atoms with E-state index in [1.807, 2.05) is 6.92 Å². The predicted molar refractivity (Wildman–Crippen MR) is 61.3 cm³/mol. The number of hydrogen-bond donors (Lipinski definition) is 2. The SMILES string of the molecule is CCn1cc(C(=O)NCC2CCCN2)cn1. The fraction of sp³-hybridized carbons (Fsp3) is 0.636. The number of amides is 1. The number of rotatable bonds is 4. The Balaban J connectivity index is 1.82. The summed E-state index contributed by atoms with van der Waals surface area (Å²) in [6.45, 7) is 4.55. The van der Waals surface area contributed by atoms with Crippen molar-refractivity contribution in [3.05, 3.63) is 18.0 Å². The van der Waals surface area contributed by atoms with Crippen molar-refractivity contribution in [2.45, 2.75) is 32.4 Å². The number of aromatic nitrogens is 2. The van der Waals surface area contributed by atoms with E-state index in [0.717, 1.165) is 19.5 Å². The van der Waals surface area contributed by atoms with E-state index < -0.39 is 0 Å². The molecule has 16 heavy (non-hydrogen) atoms. The molecule has 1 unspecified atom stereocenters. The van der Waals surface area contributed by atoms with Gasteiger partial charge in [-0.05, 0) is 26.3 Å². The van der Waals surface area contributed by atoms with Crippen molar-refractivity contribution in [3.63, 3.8) is 0 Å². The zero-order valence-corrected chi connectivity index (χ0v) is 9.57. The Morgan fingerprint density at radius 2 is 2.62 bits per heavy atom. The topological polar surface area (TPSA) is 59.0 Å². The molecule has 2 rings (SSSR count). The van der Waals surface area contributed by atoms with Crippen LogP contribution < -0.4 is 10.6 Å². The van der Waals surface area contributed by atoms with Gasteiger partial charge < -0.3 is 10.6 Å². The quantitative estimate of drug-likeness (QED) is 0.774. The maximum Gasteiger partial charge on any atom is 0.254 e. The Kier molecular flexibility index (Phi) is 3.56. The Bertz CT molecular complexity index is 355. The molecule has 0 bridgehead atoms. The van der Waals surface area contributed by atoms with Crippen LogP contribution in [0.15, 0.2) is 12.4 Å². The summed E-state index contributed by atoms with van der Waals surface area (Å²) in [6.07, 6.45) is 5.74. The van der Waals surface area contributed by atoms with Gasteiger partial charge in [-0.2, -0.15) is 5.10 Å². The lowest BCUT2D eigenvalue weighted by atomic mass is 10.2. The largest absolute Gasteiger partial charge is 0.350 e. The van der Waals surface area contributed by atoms with Crippen LogP contribution in [-0.4, -0.2) is 34.8 Å². The highest BCUT2D eigenvalue weighted by Crippen LogP contribution is 2.04. The van der Waals surface area contributed by atoms with Crippen LogP contribution in [0.1, 0.15) is 30.1 Å². The van der Waals surface area contributed by atoms with Crippen molar-refractivity contribution >= 4 is 5.91 Å². The first-order valence-electron chi connectivity index (χ1n) is 5.83. The zero-order valence-electron chi connectivity index (χ0n) is 9.57. The van der Waals surface area contributed by atoms with E-state index in [2.05, 4.69) is 15.7 Å². The molecule has 0 radical (unpaired) electrons. The van der Waals surface area contributed by atoms with Gasteiger partial charge in [-0.15, -0.1) is 0 Å². The molecule has 0 aliphatic carbocycles. The molecular weight excluding hydrogens is 204 g/mol. The fourth-order valence-corrected chi connectivity index (χ4v) is 1.90. The highest BCUT2D eigenvalue weighted by molar-refractivity contribution is 5.93. The van der Waals surface area contributed by atoms with E-state index in [0.29, 0.717) is 18.2 Å². The molecule has 2 N–H and O–H groups in total. The van der Waals surface area contributed by atoms with Gasteiger partial charge in [0.1, 0.15) is 0 Å². The van der Waals surface area contributed by atoms with Crippen LogP contribution in [0.5, 0.6) is 0 Å². The van der Waals surface area contributed by atoms with Gasteiger partial charge in [0.05, 0.1) is 11.8 Å². The monoisotopic (exact) mass is 222 g/mol. The summed E-state index contributed by atoms with van der Waals surface area (Å²) < 4.78 is 1.75. The highest BCUT2D eigenvalue weighted by atomic mass is 16.1. The molecule has 1 aromatic rings. The van der Waals surface area contributed by atoms with Crippen molar-refractivity contribution in [2.24, 2.45) is 0 Å². The summed E-state index contributed by atoms with van der Waals surface area (Å²) in [5, 5.41) is 10.3. The molecule has 0 saturated carbocycles. The predicted octanol–water partition coefficient (Wildman–Crippen LogP) is 0.385. The summed E-state index contributed by atoms with van der Waals surface area (Å²) in [6, 6.07) is 0.435. The Labute approximate surface area is 95.2 Å². The van der Waals surface area contributed by atoms with Crippen LogP contribution >= 0.6 is 0 Å². The third-order valence-electron chi connectivity index (χ3n) is 2.89. The number of nitrogens with zero attached hydrogens (tertiary/aromatic N) is 2. The first kappa shape index (κ1) is 11.1. The number of carbonyl (C=O) groups is 1. The third kappa shape index (κ3) is 2.61. The summed E-state index contributed by atoms with van der Waals surface area (Å²) in [4.78, 5) is 11.7. The van der Waals surface area contributed by atoms with Gasteiger partial charge in [0.2, 0.25) is 0 Å². The smallest absolute Gasteiger partial charge is 0.254 e. The lowest BCUT2D eigenvalue weighted by molar-refractivity contribution is 0.0950. The molecule has 0 spiro atoms. The minimum Gasteiger partial charge on any atom is -0.350 e. The van der Waals surface area contributed by atoms with Crippen molar-refractivity contribution < 1.29 is 4.79 Å². The van der Waals surface area contributed by atoms with Crippen LogP contribution in [0.2, 0.25) is 0 Å². The van der Waals surface area contributed by atoms with Crippen molar-refractivity contribution in [2.75, 3.05) is 13.1 Å². The molecule has 5 nitrogen and oxygen atoms in total. The van der Waals surface area contributed by atoms with Crippen LogP contribution in [0.3, 0.4) is 0 Å². The minimum absolute atomic E-state index is 0.0339. The number of aryl methyl sites for hydroxylation is 1. The van der Waals surface area contributed by atoms with Gasteiger partial charge in [0, 0.05) is 25.3 Å². The van der Waals surface area contributed by atoms with Crippen LogP contribution in [0, 0.1) is 0 Å². The van der Waals surface area contributed by atoms with Gasteiger partial charge in [-0.3, -0.25) is 9.48 Å². The molecular formula is C11H18N4O. The number of carbonyl (C=O) groups excluding carboxylic acids is 1. The van der Waals surface area contributed by atoms with Crippen LogP contribution in [-0.2, 0) is 6.54 Å². The van der Waals surface area contributed by atoms with Crippen molar-refractivity contribution in [3.8, 4) is 0 Å². The van der Waals surface area contributed by atoms with E-state index in [1.165, 1.54) is 6.42 Å². The minimum atomic E-state index is -0.0339. The van der Waals surface area contributed by atoms with Crippen molar-refractivity contribution in [1.29, 1.82) is 0 Å². The van der Waals surface area contributed by atoms with Gasteiger partial charge in [-0.25, -0.2) is 0 Å². The third-order valence-corrected chi connectivity index (χ3v) is 2.89. The molecule has 1 aliphatic heterocycles. The average molecular weight is 222 g/mol. The van der Waals surface area contributed by atoms with E-state index in [4.69, 9.17) is 0 Å². The van der Waals surface area contributed by atoms with Gasteiger partial charge in [0.25, 0.3) is 5.91 Å². The lowest BCUT2D eigenvalue weighted by Crippen LogP contribution is -2.37. The molecule has 1 amide bonds. The average Bonchev–Trinajstić information content (AvgIpc) is 2.96. The van der Waals surface area contributed by atoms with Gasteiger partial charge in [0.15, 0.2) is 0 Å². The second kappa shape index (κ2) is 5.12. The van der Waals surface area contributed by atoms with Crippen LogP contribution in [0.25, 0.3) is 0 Å². The molecule has 1 atom stereocenters. The zero-order chi connectivity index (χ0) is 11.4. The Morgan fingerprint density at radius 1 is 1.75 bits per heavy atom. The number of hydrogen-bond acceptors (Lipinski definition) is 3. The lowest BCUT2D eigenvalue weighted by Gasteiger charge is -2.10. The van der Waals surface area contributed by atoms with Crippen LogP contribution in [0.4, 0.5) is 0 Å². The molecule has 88 valence electrons. The molecule has 1 fully saturated rings. The second-order valence-electron chi connectivity index (χ2n) is 4.09.